The molecule has 2 aromatic carbocycles. The van der Waals surface area contributed by atoms with E-state index in [4.69, 9.17) is 0 Å². The molecule has 2 nitrogen and oxygen atoms in total. The summed E-state index contributed by atoms with van der Waals surface area (Å²) in [4.78, 5) is 2.19. The Morgan fingerprint density at radius 1 is 1.05 bits per heavy atom. The number of anilines is 2. The number of nitrogens with one attached hydrogen (secondary N) is 1. The molecule has 0 saturated heterocycles. The molecule has 0 bridgehead atoms. The zero-order chi connectivity index (χ0) is 15.2. The van der Waals surface area contributed by atoms with Crippen LogP contribution in [0.15, 0.2) is 53.0 Å². The van der Waals surface area contributed by atoms with Gasteiger partial charge in [-0.2, -0.15) is 0 Å². The van der Waals surface area contributed by atoms with E-state index in [9.17, 15) is 0 Å². The Morgan fingerprint density at radius 2 is 1.76 bits per heavy atom. The molecule has 0 aliphatic rings. The van der Waals surface area contributed by atoms with Crippen molar-refractivity contribution >= 4 is 27.3 Å². The van der Waals surface area contributed by atoms with Crippen molar-refractivity contribution in [3.05, 3.63) is 58.6 Å². The van der Waals surface area contributed by atoms with Crippen LogP contribution < -0.4 is 10.2 Å². The van der Waals surface area contributed by atoms with Gasteiger partial charge in [0, 0.05) is 29.4 Å². The molecule has 0 fully saturated rings. The zero-order valence-electron chi connectivity index (χ0n) is 12.9. The smallest absolute Gasteiger partial charge is 0.0419 e. The van der Waals surface area contributed by atoms with Crippen molar-refractivity contribution in [2.24, 2.45) is 5.92 Å². The average Bonchev–Trinajstić information content (AvgIpc) is 2.48. The molecule has 0 radical (unpaired) electrons. The summed E-state index contributed by atoms with van der Waals surface area (Å²) in [5.74, 6) is 0.673. The molecular formula is C18H23BrN2. The van der Waals surface area contributed by atoms with Gasteiger partial charge in [-0.1, -0.05) is 54.0 Å². The topological polar surface area (TPSA) is 15.3 Å². The van der Waals surface area contributed by atoms with E-state index in [2.05, 4.69) is 89.5 Å². The van der Waals surface area contributed by atoms with Crippen molar-refractivity contribution in [1.29, 1.82) is 0 Å². The first kappa shape index (κ1) is 16.1. The first-order chi connectivity index (χ1) is 10.1. The van der Waals surface area contributed by atoms with E-state index in [-0.39, 0.29) is 0 Å². The SMILES string of the molecule is CC(C)CNCc1ccc(N(C)c2ccccc2)cc1Br. The monoisotopic (exact) mass is 346 g/mol. The normalized spacial score (nSPS) is 10.9. The van der Waals surface area contributed by atoms with Crippen LogP contribution in [0.1, 0.15) is 19.4 Å². The van der Waals surface area contributed by atoms with Crippen LogP contribution >= 0.6 is 15.9 Å². The minimum Gasteiger partial charge on any atom is -0.345 e. The lowest BCUT2D eigenvalue weighted by molar-refractivity contribution is 0.552. The quantitative estimate of drug-likeness (QED) is 0.794. The maximum atomic E-state index is 3.69. The lowest BCUT2D eigenvalue weighted by atomic mass is 10.1. The van der Waals surface area contributed by atoms with Gasteiger partial charge in [0.05, 0.1) is 0 Å². The van der Waals surface area contributed by atoms with Crippen molar-refractivity contribution in [2.45, 2.75) is 20.4 Å². The van der Waals surface area contributed by atoms with Crippen molar-refractivity contribution in [2.75, 3.05) is 18.5 Å². The fourth-order valence-corrected chi connectivity index (χ4v) is 2.69. The van der Waals surface area contributed by atoms with Gasteiger partial charge in [0.15, 0.2) is 0 Å². The van der Waals surface area contributed by atoms with E-state index < -0.39 is 0 Å². The number of para-hydroxylation sites is 1. The summed E-state index contributed by atoms with van der Waals surface area (Å²) in [7, 11) is 2.09. The number of hydrogen-bond acceptors (Lipinski definition) is 2. The van der Waals surface area contributed by atoms with Gasteiger partial charge in [-0.15, -0.1) is 0 Å². The first-order valence-electron chi connectivity index (χ1n) is 7.36. The summed E-state index contributed by atoms with van der Waals surface area (Å²) in [5, 5.41) is 3.48. The Morgan fingerprint density at radius 3 is 2.38 bits per heavy atom. The van der Waals surface area contributed by atoms with Crippen LogP contribution in [-0.4, -0.2) is 13.6 Å². The molecule has 2 aromatic rings. The predicted octanol–water partition coefficient (Wildman–Crippen LogP) is 4.96. The van der Waals surface area contributed by atoms with E-state index in [0.717, 1.165) is 17.6 Å². The second-order valence-electron chi connectivity index (χ2n) is 5.70. The average molecular weight is 347 g/mol. The van der Waals surface area contributed by atoms with Gasteiger partial charge < -0.3 is 10.2 Å². The molecule has 0 aromatic heterocycles. The molecule has 0 atom stereocenters. The minimum absolute atomic E-state index is 0.673. The zero-order valence-corrected chi connectivity index (χ0v) is 14.5. The van der Waals surface area contributed by atoms with E-state index in [1.807, 2.05) is 6.07 Å². The molecule has 0 spiro atoms. The highest BCUT2D eigenvalue weighted by Crippen LogP contribution is 2.28. The number of benzene rings is 2. The summed E-state index contributed by atoms with van der Waals surface area (Å²) >= 11 is 3.69. The fraction of sp³-hybridized carbons (Fsp3) is 0.333. The summed E-state index contributed by atoms with van der Waals surface area (Å²) in [6.07, 6.45) is 0. The number of nitrogens with zero attached hydrogens (tertiary/aromatic N) is 1. The molecule has 0 aliphatic heterocycles. The van der Waals surface area contributed by atoms with Gasteiger partial charge in [-0.25, -0.2) is 0 Å². The lowest BCUT2D eigenvalue weighted by Gasteiger charge is -2.20. The van der Waals surface area contributed by atoms with E-state index in [1.54, 1.807) is 0 Å². The molecular weight excluding hydrogens is 324 g/mol. The molecule has 3 heteroatoms. The number of halogens is 1. The lowest BCUT2D eigenvalue weighted by Crippen LogP contribution is -2.19. The third-order valence-electron chi connectivity index (χ3n) is 3.44. The Bertz CT molecular complexity index is 567. The maximum absolute atomic E-state index is 3.69. The summed E-state index contributed by atoms with van der Waals surface area (Å²) < 4.78 is 1.15. The number of hydrogen-bond donors (Lipinski definition) is 1. The molecule has 0 saturated carbocycles. The van der Waals surface area contributed by atoms with Gasteiger partial charge >= 0.3 is 0 Å². The third kappa shape index (κ3) is 4.58. The largest absolute Gasteiger partial charge is 0.345 e. The highest BCUT2D eigenvalue weighted by molar-refractivity contribution is 9.10. The van der Waals surface area contributed by atoms with Crippen molar-refractivity contribution in [1.82, 2.24) is 5.32 Å². The predicted molar refractivity (Wildman–Crippen MR) is 95.2 cm³/mol. The van der Waals surface area contributed by atoms with E-state index in [1.165, 1.54) is 16.9 Å². The van der Waals surface area contributed by atoms with Gasteiger partial charge in [0.1, 0.15) is 0 Å². The molecule has 0 aliphatic carbocycles. The molecule has 21 heavy (non-hydrogen) atoms. The van der Waals surface area contributed by atoms with Crippen LogP contribution in [0.3, 0.4) is 0 Å². The van der Waals surface area contributed by atoms with Crippen LogP contribution in [-0.2, 0) is 6.54 Å². The summed E-state index contributed by atoms with van der Waals surface area (Å²) in [6, 6.07) is 16.9. The van der Waals surface area contributed by atoms with Crippen LogP contribution in [0.4, 0.5) is 11.4 Å². The Labute approximate surface area is 136 Å². The van der Waals surface area contributed by atoms with Crippen LogP contribution in [0.2, 0.25) is 0 Å². The Balaban J connectivity index is 2.08. The summed E-state index contributed by atoms with van der Waals surface area (Å²) in [5.41, 5.74) is 3.66. The molecule has 0 heterocycles. The van der Waals surface area contributed by atoms with Crippen LogP contribution in [0, 0.1) is 5.92 Å². The standard InChI is InChI=1S/C18H23BrN2/c1-14(2)12-20-13-15-9-10-17(11-18(15)19)21(3)16-7-5-4-6-8-16/h4-11,14,20H,12-13H2,1-3H3. The molecule has 0 unspecified atom stereocenters. The molecule has 112 valence electrons. The van der Waals surface area contributed by atoms with E-state index >= 15 is 0 Å². The second kappa shape index (κ2) is 7.62. The van der Waals surface area contributed by atoms with Crippen molar-refractivity contribution in [3.63, 3.8) is 0 Å². The second-order valence-corrected chi connectivity index (χ2v) is 6.55. The Hall–Kier alpha value is -1.32. The van der Waals surface area contributed by atoms with E-state index in [0.29, 0.717) is 5.92 Å². The highest BCUT2D eigenvalue weighted by Gasteiger charge is 2.07. The van der Waals surface area contributed by atoms with Gasteiger partial charge in [0.2, 0.25) is 0 Å². The Kier molecular flexibility index (Phi) is 5.83. The first-order valence-corrected chi connectivity index (χ1v) is 8.15. The van der Waals surface area contributed by atoms with Gasteiger partial charge in [-0.3, -0.25) is 0 Å². The fourth-order valence-electron chi connectivity index (χ4n) is 2.18. The minimum atomic E-state index is 0.673. The summed E-state index contributed by atoms with van der Waals surface area (Å²) in [6.45, 7) is 6.38. The van der Waals surface area contributed by atoms with Crippen LogP contribution in [0.25, 0.3) is 0 Å². The number of rotatable bonds is 6. The molecule has 0 amide bonds. The van der Waals surface area contributed by atoms with Crippen LogP contribution in [0.5, 0.6) is 0 Å². The van der Waals surface area contributed by atoms with Crippen molar-refractivity contribution in [3.8, 4) is 0 Å². The van der Waals surface area contributed by atoms with Gasteiger partial charge in [0.25, 0.3) is 0 Å². The highest BCUT2D eigenvalue weighted by atomic mass is 79.9. The van der Waals surface area contributed by atoms with Crippen molar-refractivity contribution < 1.29 is 0 Å². The molecule has 1 N–H and O–H groups in total. The molecule has 2 rings (SSSR count). The third-order valence-corrected chi connectivity index (χ3v) is 4.17. The van der Waals surface area contributed by atoms with Gasteiger partial charge in [-0.05, 0) is 42.3 Å². The maximum Gasteiger partial charge on any atom is 0.0419 e.